The molecule has 0 aromatic heterocycles. The quantitative estimate of drug-likeness (QED) is 0.655. The van der Waals surface area contributed by atoms with Gasteiger partial charge < -0.3 is 15.1 Å². The molecule has 2 fully saturated rings. The minimum Gasteiger partial charge on any atom is -0.347 e. The molecule has 148 valence electrons. The first kappa shape index (κ1) is 19.7. The van der Waals surface area contributed by atoms with Crippen molar-refractivity contribution in [3.05, 3.63) is 35.9 Å². The minimum atomic E-state index is 0.194. The Morgan fingerprint density at radius 3 is 2.52 bits per heavy atom. The first-order valence-corrected chi connectivity index (χ1v) is 10.4. The number of hydrogen-bond acceptors (Lipinski definition) is 2. The van der Waals surface area contributed by atoms with Crippen LogP contribution in [0.2, 0.25) is 0 Å². The average Bonchev–Trinajstić information content (AvgIpc) is 2.70. The summed E-state index contributed by atoms with van der Waals surface area (Å²) in [6.07, 6.45) is 5.80. The monoisotopic (exact) mass is 370 g/mol. The first-order valence-electron chi connectivity index (χ1n) is 10.4. The van der Waals surface area contributed by atoms with Crippen molar-refractivity contribution in [2.24, 2.45) is 16.8 Å². The second-order valence-corrected chi connectivity index (χ2v) is 8.11. The molecule has 1 aromatic rings. The third kappa shape index (κ3) is 5.72. The van der Waals surface area contributed by atoms with E-state index in [4.69, 9.17) is 0 Å². The molecule has 0 aliphatic carbocycles. The predicted molar refractivity (Wildman–Crippen MR) is 111 cm³/mol. The molecule has 2 heterocycles. The zero-order valence-electron chi connectivity index (χ0n) is 16.9. The van der Waals surface area contributed by atoms with Crippen molar-refractivity contribution in [3.8, 4) is 0 Å². The van der Waals surface area contributed by atoms with Crippen LogP contribution in [0.15, 0.2) is 35.3 Å². The van der Waals surface area contributed by atoms with Crippen LogP contribution in [0.3, 0.4) is 0 Å². The highest BCUT2D eigenvalue weighted by molar-refractivity contribution is 5.86. The van der Waals surface area contributed by atoms with Crippen molar-refractivity contribution in [2.45, 2.75) is 39.0 Å². The molecule has 0 bridgehead atoms. The maximum absolute atomic E-state index is 12.6. The van der Waals surface area contributed by atoms with Gasteiger partial charge in [-0.2, -0.15) is 0 Å². The summed E-state index contributed by atoms with van der Waals surface area (Å²) in [4.78, 5) is 21.3. The highest BCUT2D eigenvalue weighted by Crippen LogP contribution is 2.21. The number of likely N-dealkylation sites (tertiary alicyclic amines) is 2. The lowest BCUT2D eigenvalue weighted by molar-refractivity contribution is -0.131. The van der Waals surface area contributed by atoms with Gasteiger partial charge in [0.2, 0.25) is 5.91 Å². The molecule has 5 heteroatoms. The van der Waals surface area contributed by atoms with E-state index in [1.165, 1.54) is 18.4 Å². The topological polar surface area (TPSA) is 47.9 Å². The van der Waals surface area contributed by atoms with Crippen LogP contribution in [0.5, 0.6) is 0 Å². The SMILES string of the molecule is CN=C(NCC(=O)N1CCC(Cc2ccccc2)CC1)N1CCCC(C)C1. The summed E-state index contributed by atoms with van der Waals surface area (Å²) in [7, 11) is 1.81. The molecule has 2 aliphatic heterocycles. The van der Waals surface area contributed by atoms with Gasteiger partial charge in [-0.05, 0) is 49.5 Å². The minimum absolute atomic E-state index is 0.194. The van der Waals surface area contributed by atoms with E-state index in [1.54, 1.807) is 7.05 Å². The molecule has 27 heavy (non-hydrogen) atoms. The Morgan fingerprint density at radius 2 is 1.85 bits per heavy atom. The van der Waals surface area contributed by atoms with Crippen LogP contribution in [0.25, 0.3) is 0 Å². The Bertz CT molecular complexity index is 622. The molecule has 1 N–H and O–H groups in total. The van der Waals surface area contributed by atoms with Gasteiger partial charge in [0, 0.05) is 33.2 Å². The Labute approximate surface area is 163 Å². The van der Waals surface area contributed by atoms with Gasteiger partial charge in [-0.3, -0.25) is 9.79 Å². The van der Waals surface area contributed by atoms with Crippen molar-refractivity contribution in [1.82, 2.24) is 15.1 Å². The smallest absolute Gasteiger partial charge is 0.241 e. The van der Waals surface area contributed by atoms with E-state index in [2.05, 4.69) is 52.5 Å². The van der Waals surface area contributed by atoms with Crippen LogP contribution in [0.1, 0.15) is 38.2 Å². The number of hydrogen-bond donors (Lipinski definition) is 1. The van der Waals surface area contributed by atoms with Gasteiger partial charge in [0.05, 0.1) is 6.54 Å². The lowest BCUT2D eigenvalue weighted by Crippen LogP contribution is -2.50. The summed E-state index contributed by atoms with van der Waals surface area (Å²) in [5.74, 6) is 2.44. The Kier molecular flexibility index (Phi) is 7.13. The lowest BCUT2D eigenvalue weighted by Gasteiger charge is -2.35. The van der Waals surface area contributed by atoms with Crippen LogP contribution in [0, 0.1) is 11.8 Å². The average molecular weight is 371 g/mol. The van der Waals surface area contributed by atoms with E-state index in [-0.39, 0.29) is 5.91 Å². The van der Waals surface area contributed by atoms with E-state index >= 15 is 0 Å². The van der Waals surface area contributed by atoms with Gasteiger partial charge in [-0.25, -0.2) is 0 Å². The zero-order chi connectivity index (χ0) is 19.1. The maximum Gasteiger partial charge on any atom is 0.241 e. The van der Waals surface area contributed by atoms with Crippen LogP contribution in [0.4, 0.5) is 0 Å². The molecular weight excluding hydrogens is 336 g/mol. The van der Waals surface area contributed by atoms with Gasteiger partial charge >= 0.3 is 0 Å². The molecule has 2 aliphatic rings. The van der Waals surface area contributed by atoms with E-state index in [9.17, 15) is 4.79 Å². The van der Waals surface area contributed by atoms with Gasteiger partial charge in [0.15, 0.2) is 5.96 Å². The van der Waals surface area contributed by atoms with E-state index in [0.717, 1.165) is 51.4 Å². The number of aliphatic imine (C=N–C) groups is 1. The molecule has 2 saturated heterocycles. The van der Waals surface area contributed by atoms with E-state index in [1.807, 2.05) is 4.90 Å². The van der Waals surface area contributed by atoms with Crippen molar-refractivity contribution in [1.29, 1.82) is 0 Å². The van der Waals surface area contributed by atoms with Crippen LogP contribution in [-0.2, 0) is 11.2 Å². The standard InChI is InChI=1S/C22H34N4O/c1-18-7-6-12-26(17-18)22(23-2)24-16-21(27)25-13-10-20(11-14-25)15-19-8-4-3-5-9-19/h3-5,8-9,18,20H,6-7,10-17H2,1-2H3,(H,23,24). The normalized spacial score (nSPS) is 22.0. The number of carbonyl (C=O) groups excluding carboxylic acids is 1. The zero-order valence-corrected chi connectivity index (χ0v) is 16.9. The van der Waals surface area contributed by atoms with E-state index in [0.29, 0.717) is 18.4 Å². The molecule has 0 spiro atoms. The lowest BCUT2D eigenvalue weighted by atomic mass is 9.90. The van der Waals surface area contributed by atoms with Crippen LogP contribution < -0.4 is 5.32 Å². The second kappa shape index (κ2) is 9.77. The molecule has 1 amide bonds. The predicted octanol–water partition coefficient (Wildman–Crippen LogP) is 2.78. The maximum atomic E-state index is 12.6. The van der Waals surface area contributed by atoms with Crippen molar-refractivity contribution < 1.29 is 4.79 Å². The van der Waals surface area contributed by atoms with Gasteiger partial charge in [-0.1, -0.05) is 37.3 Å². The molecule has 5 nitrogen and oxygen atoms in total. The van der Waals surface area contributed by atoms with Gasteiger partial charge in [0.25, 0.3) is 0 Å². The van der Waals surface area contributed by atoms with Crippen LogP contribution in [-0.4, -0.2) is 61.4 Å². The van der Waals surface area contributed by atoms with Crippen molar-refractivity contribution in [2.75, 3.05) is 39.8 Å². The van der Waals surface area contributed by atoms with Crippen molar-refractivity contribution in [3.63, 3.8) is 0 Å². The van der Waals surface area contributed by atoms with Gasteiger partial charge in [0.1, 0.15) is 0 Å². The summed E-state index contributed by atoms with van der Waals surface area (Å²) in [6, 6.07) is 10.7. The molecule has 0 radical (unpaired) electrons. The van der Waals surface area contributed by atoms with Crippen molar-refractivity contribution >= 4 is 11.9 Å². The first-order chi connectivity index (χ1) is 13.2. The third-order valence-corrected chi connectivity index (χ3v) is 5.90. The molecule has 1 aromatic carbocycles. The molecule has 0 saturated carbocycles. The largest absolute Gasteiger partial charge is 0.347 e. The second-order valence-electron chi connectivity index (χ2n) is 8.11. The number of nitrogens with one attached hydrogen (secondary N) is 1. The van der Waals surface area contributed by atoms with Gasteiger partial charge in [-0.15, -0.1) is 0 Å². The number of rotatable bonds is 4. The Balaban J connectivity index is 1.41. The molecule has 1 unspecified atom stereocenters. The highest BCUT2D eigenvalue weighted by atomic mass is 16.2. The Morgan fingerprint density at radius 1 is 1.11 bits per heavy atom. The highest BCUT2D eigenvalue weighted by Gasteiger charge is 2.24. The molecular formula is C22H34N4O. The Hall–Kier alpha value is -2.04. The summed E-state index contributed by atoms with van der Waals surface area (Å²) in [5, 5.41) is 3.29. The fourth-order valence-corrected chi connectivity index (χ4v) is 4.31. The molecule has 1 atom stereocenters. The summed E-state index contributed by atoms with van der Waals surface area (Å²) < 4.78 is 0. The number of amides is 1. The number of piperidine rings is 2. The van der Waals surface area contributed by atoms with Crippen LogP contribution >= 0.6 is 0 Å². The third-order valence-electron chi connectivity index (χ3n) is 5.90. The molecule has 3 rings (SSSR count). The number of guanidine groups is 1. The number of carbonyl (C=O) groups is 1. The fourth-order valence-electron chi connectivity index (χ4n) is 4.31. The fraction of sp³-hybridized carbons (Fsp3) is 0.636. The summed E-state index contributed by atoms with van der Waals surface area (Å²) >= 11 is 0. The summed E-state index contributed by atoms with van der Waals surface area (Å²) in [5.41, 5.74) is 1.41. The number of benzene rings is 1. The van der Waals surface area contributed by atoms with E-state index < -0.39 is 0 Å². The summed E-state index contributed by atoms with van der Waals surface area (Å²) in [6.45, 7) is 6.43. The number of nitrogens with zero attached hydrogens (tertiary/aromatic N) is 3.